The van der Waals surface area contributed by atoms with Gasteiger partial charge in [0.15, 0.2) is 11.5 Å². The third-order valence-corrected chi connectivity index (χ3v) is 7.28. The maximum atomic E-state index is 14.2. The van der Waals surface area contributed by atoms with Crippen molar-refractivity contribution in [1.29, 1.82) is 0 Å². The predicted molar refractivity (Wildman–Crippen MR) is 155 cm³/mol. The Kier molecular flexibility index (Phi) is 6.76. The summed E-state index contributed by atoms with van der Waals surface area (Å²) in [6.07, 6.45) is 5.26. The fourth-order valence-corrected chi connectivity index (χ4v) is 5.26. The topological polar surface area (TPSA) is 119 Å². The van der Waals surface area contributed by atoms with Gasteiger partial charge in [0.1, 0.15) is 5.56 Å². The molecule has 0 radical (unpaired) electrons. The lowest BCUT2D eigenvalue weighted by Gasteiger charge is -2.21. The molecule has 200 valence electrons. The van der Waals surface area contributed by atoms with Crippen molar-refractivity contribution in [3.05, 3.63) is 100 Å². The van der Waals surface area contributed by atoms with E-state index in [-0.39, 0.29) is 16.9 Å². The molecule has 1 saturated heterocycles. The third-order valence-electron chi connectivity index (χ3n) is 7.28. The lowest BCUT2D eigenvalue weighted by Crippen LogP contribution is -2.32. The number of nitrogen functional groups attached to an aromatic ring is 1. The van der Waals surface area contributed by atoms with Crippen molar-refractivity contribution < 1.29 is 4.79 Å². The van der Waals surface area contributed by atoms with Crippen molar-refractivity contribution in [1.82, 2.24) is 29.8 Å². The number of carbonyl (C=O) groups excluding carboxylic acids is 1. The summed E-state index contributed by atoms with van der Waals surface area (Å²) in [5, 5.41) is 11.9. The van der Waals surface area contributed by atoms with Crippen LogP contribution in [0.5, 0.6) is 0 Å². The summed E-state index contributed by atoms with van der Waals surface area (Å²) in [4.78, 5) is 31.9. The highest BCUT2D eigenvalue weighted by Gasteiger charge is 2.24. The maximum absolute atomic E-state index is 14.2. The van der Waals surface area contributed by atoms with Crippen molar-refractivity contribution in [2.75, 3.05) is 18.8 Å². The highest BCUT2D eigenvalue weighted by atomic mass is 16.2. The number of nitrogens with two attached hydrogens (primary N) is 1. The van der Waals surface area contributed by atoms with E-state index in [1.807, 2.05) is 61.5 Å². The molecule has 1 amide bonds. The molecule has 1 atom stereocenters. The normalized spacial score (nSPS) is 14.5. The summed E-state index contributed by atoms with van der Waals surface area (Å²) in [6, 6.07) is 18.3. The molecule has 1 aliphatic heterocycles. The van der Waals surface area contributed by atoms with Crippen molar-refractivity contribution in [3.8, 4) is 17.5 Å². The summed E-state index contributed by atoms with van der Waals surface area (Å²) in [5.74, 6) is 6.67. The average molecular weight is 532 g/mol. The van der Waals surface area contributed by atoms with E-state index < -0.39 is 11.9 Å². The Hall–Kier alpha value is -4.94. The van der Waals surface area contributed by atoms with E-state index in [0.29, 0.717) is 33.9 Å². The molecule has 2 aromatic carbocycles. The van der Waals surface area contributed by atoms with Crippen molar-refractivity contribution in [2.24, 2.45) is 5.92 Å². The molecular weight excluding hydrogens is 502 g/mol. The molecule has 0 spiro atoms. The number of hydrogen-bond donors (Lipinski definition) is 3. The van der Waals surface area contributed by atoms with Crippen LogP contribution < -0.4 is 21.9 Å². The van der Waals surface area contributed by atoms with Crippen LogP contribution in [0.1, 0.15) is 47.4 Å². The zero-order valence-electron chi connectivity index (χ0n) is 22.1. The van der Waals surface area contributed by atoms with Gasteiger partial charge in [0.2, 0.25) is 0 Å². The van der Waals surface area contributed by atoms with Gasteiger partial charge in [-0.15, -0.1) is 5.10 Å². The van der Waals surface area contributed by atoms with Gasteiger partial charge in [-0.05, 0) is 68.6 Å². The molecule has 0 aliphatic carbocycles. The fraction of sp³-hybridized carbons (Fsp3) is 0.226. The molecule has 40 heavy (non-hydrogen) atoms. The van der Waals surface area contributed by atoms with Crippen LogP contribution >= 0.6 is 0 Å². The minimum absolute atomic E-state index is 0.0827. The summed E-state index contributed by atoms with van der Waals surface area (Å²) >= 11 is 0. The summed E-state index contributed by atoms with van der Waals surface area (Å²) < 4.78 is 3.12. The molecule has 5 aromatic rings. The number of para-hydroxylation sites is 1. The molecule has 0 bridgehead atoms. The Morgan fingerprint density at radius 3 is 2.73 bits per heavy atom. The number of piperidine rings is 1. The molecule has 4 heterocycles. The van der Waals surface area contributed by atoms with E-state index in [1.165, 1.54) is 4.52 Å². The van der Waals surface area contributed by atoms with E-state index in [0.717, 1.165) is 31.3 Å². The second-order valence-corrected chi connectivity index (χ2v) is 9.95. The van der Waals surface area contributed by atoms with Gasteiger partial charge >= 0.3 is 0 Å². The van der Waals surface area contributed by atoms with Crippen LogP contribution in [0.3, 0.4) is 0 Å². The largest absolute Gasteiger partial charge is 0.381 e. The number of pyridine rings is 1. The Bertz CT molecular complexity index is 1840. The Morgan fingerprint density at radius 2 is 1.93 bits per heavy atom. The summed E-state index contributed by atoms with van der Waals surface area (Å²) in [7, 11) is 0. The quantitative estimate of drug-likeness (QED) is 0.306. The van der Waals surface area contributed by atoms with Crippen molar-refractivity contribution in [2.45, 2.75) is 25.8 Å². The number of amides is 1. The van der Waals surface area contributed by atoms with E-state index in [4.69, 9.17) is 5.73 Å². The number of carbonyl (C=O) groups is 1. The van der Waals surface area contributed by atoms with Crippen LogP contribution in [0.2, 0.25) is 0 Å². The van der Waals surface area contributed by atoms with Crippen LogP contribution in [0.4, 0.5) is 5.82 Å². The standard InChI is InChI=1S/C31H29N7O2/c1-20(35-30(39)27-28(32)36-37-18-6-15-34-29(27)37)25-19-23-8-5-7-22(12-11-21-13-16-33-17-14-21)26(23)31(40)38(25)24-9-3-2-4-10-24/h2-10,15,18-21,33H,13-14,16-17H2,1H3,(H2,32,36)(H,35,39). The van der Waals surface area contributed by atoms with Crippen LogP contribution in [0.25, 0.3) is 22.1 Å². The van der Waals surface area contributed by atoms with Gasteiger partial charge in [-0.3, -0.25) is 14.2 Å². The first-order chi connectivity index (χ1) is 19.5. The second-order valence-electron chi connectivity index (χ2n) is 9.95. The molecule has 1 unspecified atom stereocenters. The van der Waals surface area contributed by atoms with Crippen molar-refractivity contribution in [3.63, 3.8) is 0 Å². The van der Waals surface area contributed by atoms with Gasteiger partial charge in [0.05, 0.1) is 11.4 Å². The molecular formula is C31H29N7O2. The molecule has 0 saturated carbocycles. The molecule has 9 heteroatoms. The zero-order chi connectivity index (χ0) is 27.6. The predicted octanol–water partition coefficient (Wildman–Crippen LogP) is 3.46. The number of benzene rings is 2. The smallest absolute Gasteiger partial charge is 0.264 e. The molecule has 3 aromatic heterocycles. The third kappa shape index (κ3) is 4.70. The molecule has 4 N–H and O–H groups in total. The number of anilines is 1. The number of fused-ring (bicyclic) bond motifs is 2. The van der Waals surface area contributed by atoms with E-state index in [2.05, 4.69) is 32.6 Å². The first kappa shape index (κ1) is 25.3. The van der Waals surface area contributed by atoms with Crippen molar-refractivity contribution >= 4 is 28.1 Å². The summed E-state index contributed by atoms with van der Waals surface area (Å²) in [6.45, 7) is 3.76. The van der Waals surface area contributed by atoms with E-state index in [1.54, 1.807) is 23.0 Å². The Morgan fingerprint density at radius 1 is 1.12 bits per heavy atom. The number of hydrogen-bond acceptors (Lipinski definition) is 6. The monoisotopic (exact) mass is 531 g/mol. The average Bonchev–Trinajstić information content (AvgIpc) is 3.32. The molecule has 1 fully saturated rings. The van der Waals surface area contributed by atoms with Crippen LogP contribution in [-0.4, -0.2) is 38.2 Å². The van der Waals surface area contributed by atoms with Crippen LogP contribution in [-0.2, 0) is 0 Å². The Balaban J connectivity index is 1.45. The van der Waals surface area contributed by atoms with Crippen LogP contribution in [0, 0.1) is 17.8 Å². The molecule has 9 nitrogen and oxygen atoms in total. The minimum Gasteiger partial charge on any atom is -0.381 e. The van der Waals surface area contributed by atoms with Gasteiger partial charge in [0.25, 0.3) is 11.5 Å². The first-order valence-electron chi connectivity index (χ1n) is 13.4. The Labute approximate surface area is 231 Å². The summed E-state index contributed by atoms with van der Waals surface area (Å²) in [5.41, 5.74) is 8.48. The fourth-order valence-electron chi connectivity index (χ4n) is 5.26. The van der Waals surface area contributed by atoms with Crippen LogP contribution in [0.15, 0.2) is 77.9 Å². The number of rotatable bonds is 4. The zero-order valence-corrected chi connectivity index (χ0v) is 22.1. The molecule has 1 aliphatic rings. The second kappa shape index (κ2) is 10.7. The highest BCUT2D eigenvalue weighted by molar-refractivity contribution is 6.04. The van der Waals surface area contributed by atoms with E-state index >= 15 is 0 Å². The SMILES string of the molecule is CC(NC(=O)c1c(N)nn2cccnc12)c1cc2cccc(C#CC3CCNCC3)c2c(=O)n1-c1ccccc1. The van der Waals surface area contributed by atoms with Gasteiger partial charge in [0, 0.05) is 35.3 Å². The van der Waals surface area contributed by atoms with E-state index in [9.17, 15) is 9.59 Å². The first-order valence-corrected chi connectivity index (χ1v) is 13.4. The maximum Gasteiger partial charge on any atom is 0.264 e. The minimum atomic E-state index is -0.549. The van der Waals surface area contributed by atoms with Gasteiger partial charge in [-0.25, -0.2) is 9.50 Å². The number of aromatic nitrogens is 4. The van der Waals surface area contributed by atoms with Gasteiger partial charge in [-0.2, -0.15) is 0 Å². The number of nitrogens with zero attached hydrogens (tertiary/aromatic N) is 4. The van der Waals surface area contributed by atoms with Gasteiger partial charge in [-0.1, -0.05) is 42.2 Å². The number of nitrogens with one attached hydrogen (secondary N) is 2. The lowest BCUT2D eigenvalue weighted by atomic mass is 9.97. The highest BCUT2D eigenvalue weighted by Crippen LogP contribution is 2.25. The molecule has 6 rings (SSSR count). The lowest BCUT2D eigenvalue weighted by molar-refractivity contribution is 0.0941. The van der Waals surface area contributed by atoms with Gasteiger partial charge < -0.3 is 16.4 Å².